The van der Waals surface area contributed by atoms with Crippen LogP contribution in [-0.4, -0.2) is 29.0 Å². The van der Waals surface area contributed by atoms with Gasteiger partial charge in [0.2, 0.25) is 0 Å². The van der Waals surface area contributed by atoms with Crippen LogP contribution in [0, 0.1) is 56.2 Å². The van der Waals surface area contributed by atoms with Gasteiger partial charge < -0.3 is 0 Å². The summed E-state index contributed by atoms with van der Waals surface area (Å²) in [5, 5.41) is 9.87. The second kappa shape index (κ2) is 8.96. The molecule has 0 aromatic heterocycles. The maximum atomic E-state index is 14.4. The number of hydrogen-bond donors (Lipinski definition) is 1. The first-order valence-electron chi connectivity index (χ1n) is 14.7. The largest absolute Gasteiger partial charge is 0.399 e. The Morgan fingerprint density at radius 1 is 1.02 bits per heavy atom. The zero-order valence-corrected chi connectivity index (χ0v) is 25.7. The van der Waals surface area contributed by atoms with Crippen LogP contribution in [0.2, 0.25) is 0 Å². The fourth-order valence-corrected chi connectivity index (χ4v) is 11.0. The summed E-state index contributed by atoms with van der Waals surface area (Å²) < 4.78 is 42.7. The van der Waals surface area contributed by atoms with Crippen molar-refractivity contribution in [3.63, 3.8) is 0 Å². The van der Waals surface area contributed by atoms with Crippen LogP contribution in [0.1, 0.15) is 93.4 Å². The average molecular weight is 577 g/mol. The minimum atomic E-state index is -4.26. The van der Waals surface area contributed by atoms with Gasteiger partial charge in [-0.15, -0.1) is 0 Å². The van der Waals surface area contributed by atoms with Crippen LogP contribution in [-0.2, 0) is 9.59 Å². The molecule has 3 fully saturated rings. The van der Waals surface area contributed by atoms with E-state index in [2.05, 4.69) is 45.4 Å². The second-order valence-electron chi connectivity index (χ2n) is 15.4. The first kappa shape index (κ1) is 29.9. The molecule has 220 valence electrons. The van der Waals surface area contributed by atoms with Gasteiger partial charge in [0, 0.05) is 22.3 Å². The van der Waals surface area contributed by atoms with E-state index < -0.39 is 28.3 Å². The lowest BCUT2D eigenvalue weighted by molar-refractivity contribution is -0.159. The maximum Gasteiger partial charge on any atom is 0.399 e. The normalized spacial score (nSPS) is 43.8. The van der Waals surface area contributed by atoms with Gasteiger partial charge in [0.15, 0.2) is 11.6 Å². The maximum absolute atomic E-state index is 14.4. The highest BCUT2D eigenvalue weighted by Gasteiger charge is 2.69. The number of allylic oxidation sites excluding steroid dienone is 4. The molecule has 4 nitrogen and oxygen atoms in total. The van der Waals surface area contributed by atoms with Crippen LogP contribution in [0.25, 0.3) is 0 Å². The van der Waals surface area contributed by atoms with Crippen LogP contribution >= 0.6 is 11.9 Å². The van der Waals surface area contributed by atoms with E-state index in [4.69, 9.17) is 0 Å². The zero-order chi connectivity index (χ0) is 29.7. The summed E-state index contributed by atoms with van der Waals surface area (Å²) in [5.74, 6) is -1.40. The Morgan fingerprint density at radius 3 is 2.30 bits per heavy atom. The van der Waals surface area contributed by atoms with Gasteiger partial charge in [0.1, 0.15) is 11.8 Å². The predicted molar refractivity (Wildman–Crippen MR) is 151 cm³/mol. The van der Waals surface area contributed by atoms with Gasteiger partial charge >= 0.3 is 6.18 Å². The summed E-state index contributed by atoms with van der Waals surface area (Å²) in [6.07, 6.45) is 5.01. The van der Waals surface area contributed by atoms with Crippen molar-refractivity contribution in [3.8, 4) is 6.07 Å². The van der Waals surface area contributed by atoms with Crippen molar-refractivity contribution in [2.45, 2.75) is 105 Å². The van der Waals surface area contributed by atoms with E-state index in [-0.39, 0.29) is 51.1 Å². The van der Waals surface area contributed by atoms with Crippen molar-refractivity contribution in [1.82, 2.24) is 4.72 Å². The Hall–Kier alpha value is -1.59. The van der Waals surface area contributed by atoms with E-state index in [0.717, 1.165) is 62.5 Å². The predicted octanol–water partition coefficient (Wildman–Crippen LogP) is 7.76. The molecule has 5 aliphatic rings. The quantitative estimate of drug-likeness (QED) is 0.348. The third kappa shape index (κ3) is 4.11. The molecule has 0 amide bonds. The number of hydrogen-bond acceptors (Lipinski definition) is 5. The molecule has 8 heteroatoms. The number of halogens is 3. The lowest BCUT2D eigenvalue weighted by Gasteiger charge is -2.69. The SMILES string of the molecule is CC1(C)CC[C@]2(NSCC(F)(F)F)CC[C@]3(C)C(C(=O)C=C4[C@@]5(C)C=C(C#N)C(=O)C(C)(C)[C@@H]5CC[C@]43C)C2C1. The molecule has 0 bridgehead atoms. The molecule has 2 unspecified atom stereocenters. The first-order chi connectivity index (χ1) is 18.3. The number of rotatable bonds is 3. The molecule has 0 heterocycles. The fraction of sp³-hybridized carbons (Fsp3) is 0.781. The van der Waals surface area contributed by atoms with Crippen molar-refractivity contribution in [3.05, 3.63) is 23.3 Å². The van der Waals surface area contributed by atoms with Gasteiger partial charge in [-0.25, -0.2) is 0 Å². The molecule has 7 atom stereocenters. The van der Waals surface area contributed by atoms with E-state index in [0.29, 0.717) is 0 Å². The van der Waals surface area contributed by atoms with Crippen molar-refractivity contribution in [2.75, 3.05) is 5.75 Å². The molecule has 0 spiro atoms. The first-order valence-corrected chi connectivity index (χ1v) is 15.6. The van der Waals surface area contributed by atoms with Crippen LogP contribution < -0.4 is 4.72 Å². The Kier molecular flexibility index (Phi) is 6.69. The molecule has 1 N–H and O–H groups in total. The minimum absolute atomic E-state index is 0.00417. The Morgan fingerprint density at radius 2 is 1.68 bits per heavy atom. The second-order valence-corrected chi connectivity index (χ2v) is 16.2. The van der Waals surface area contributed by atoms with Gasteiger partial charge in [-0.3, -0.25) is 14.3 Å². The molecule has 0 aliphatic heterocycles. The topological polar surface area (TPSA) is 70.0 Å². The summed E-state index contributed by atoms with van der Waals surface area (Å²) in [6.45, 7) is 14.9. The molecule has 0 aromatic carbocycles. The average Bonchev–Trinajstić information content (AvgIpc) is 2.82. The number of nitriles is 1. The van der Waals surface area contributed by atoms with E-state index in [1.165, 1.54) is 0 Å². The van der Waals surface area contributed by atoms with Gasteiger partial charge in [-0.05, 0) is 79.1 Å². The molecule has 3 saturated carbocycles. The number of fused-ring (bicyclic) bond motifs is 7. The number of alkyl halides is 3. The van der Waals surface area contributed by atoms with Crippen molar-refractivity contribution in [1.29, 1.82) is 5.26 Å². The van der Waals surface area contributed by atoms with Crippen LogP contribution in [0.15, 0.2) is 23.3 Å². The molecule has 5 aliphatic carbocycles. The molecule has 5 rings (SSSR count). The number of Topliss-reactive ketones (excluding diaryl/α,β-unsaturated/α-hetero) is 1. The summed E-state index contributed by atoms with van der Waals surface area (Å²) in [6, 6.07) is 2.14. The van der Waals surface area contributed by atoms with Crippen LogP contribution in [0.5, 0.6) is 0 Å². The molecule has 0 aromatic rings. The van der Waals surface area contributed by atoms with Gasteiger partial charge in [0.25, 0.3) is 0 Å². The molecule has 0 radical (unpaired) electrons. The van der Waals surface area contributed by atoms with Crippen molar-refractivity contribution >= 4 is 23.5 Å². The van der Waals surface area contributed by atoms with Crippen molar-refractivity contribution in [2.24, 2.45) is 44.8 Å². The monoisotopic (exact) mass is 576 g/mol. The molecule has 0 saturated heterocycles. The summed E-state index contributed by atoms with van der Waals surface area (Å²) in [5.41, 5.74) is -1.33. The van der Waals surface area contributed by atoms with Gasteiger partial charge in [-0.2, -0.15) is 18.4 Å². The lowest BCUT2D eigenvalue weighted by Crippen LogP contribution is -2.68. The fourth-order valence-electron chi connectivity index (χ4n) is 10.1. The number of nitrogens with one attached hydrogen (secondary N) is 1. The Balaban J connectivity index is 1.62. The number of carbonyl (C=O) groups is 2. The van der Waals surface area contributed by atoms with Crippen molar-refractivity contribution < 1.29 is 22.8 Å². The third-order valence-electron chi connectivity index (χ3n) is 12.4. The molecular weight excluding hydrogens is 533 g/mol. The molecule has 40 heavy (non-hydrogen) atoms. The van der Waals surface area contributed by atoms with E-state index in [1.807, 2.05) is 26.0 Å². The van der Waals surface area contributed by atoms with Crippen LogP contribution in [0.3, 0.4) is 0 Å². The highest BCUT2D eigenvalue weighted by molar-refractivity contribution is 7.97. The van der Waals surface area contributed by atoms with E-state index in [1.54, 1.807) is 0 Å². The zero-order valence-electron chi connectivity index (χ0n) is 24.8. The lowest BCUT2D eigenvalue weighted by atomic mass is 9.35. The summed E-state index contributed by atoms with van der Waals surface area (Å²) >= 11 is 0.750. The standard InChI is InChI=1S/C32H43F3N2O2S/c1-26(2)10-12-31(37-40-18-32(33,34)35)13-11-30(7)24(20(31)16-26)21(38)14-23-28(5)15-19(17-36)25(39)27(3,4)22(28)8-9-29(23,30)6/h14-15,20,22,24,37H,8-13,16,18H2,1-7H3/t20?,22-,24?,28-,29+,30+,31-/m0/s1. The Labute approximate surface area is 241 Å². The van der Waals surface area contributed by atoms with E-state index >= 15 is 0 Å². The third-order valence-corrected chi connectivity index (χ3v) is 13.4. The highest BCUT2D eigenvalue weighted by Crippen LogP contribution is 2.73. The number of nitrogens with zero attached hydrogens (tertiary/aromatic N) is 1. The van der Waals surface area contributed by atoms with Crippen LogP contribution in [0.4, 0.5) is 13.2 Å². The summed E-state index contributed by atoms with van der Waals surface area (Å²) in [4.78, 5) is 27.6. The molecular formula is C32H43F3N2O2S. The van der Waals surface area contributed by atoms with E-state index in [9.17, 15) is 28.0 Å². The van der Waals surface area contributed by atoms with Gasteiger partial charge in [0.05, 0.1) is 5.57 Å². The minimum Gasteiger partial charge on any atom is -0.295 e. The smallest absolute Gasteiger partial charge is 0.295 e. The Bertz CT molecular complexity index is 1250. The number of ketones is 2. The summed E-state index contributed by atoms with van der Waals surface area (Å²) in [7, 11) is 0. The van der Waals surface area contributed by atoms with Gasteiger partial charge in [-0.1, -0.05) is 72.1 Å². The number of carbonyl (C=O) groups excluding carboxylic acids is 2. The highest BCUT2D eigenvalue weighted by atomic mass is 32.2.